The highest BCUT2D eigenvalue weighted by Gasteiger charge is 2.42. The summed E-state index contributed by atoms with van der Waals surface area (Å²) < 4.78 is 5.56. The number of nitrogens with one attached hydrogen (secondary N) is 1. The van der Waals surface area contributed by atoms with E-state index in [2.05, 4.69) is 26.1 Å². The molecule has 1 aromatic carbocycles. The third-order valence-electron chi connectivity index (χ3n) is 2.28. The van der Waals surface area contributed by atoms with E-state index in [1.807, 2.05) is 24.3 Å². The average Bonchev–Trinajstić information content (AvgIpc) is 2.81. The van der Waals surface area contributed by atoms with Crippen LogP contribution in [-0.4, -0.2) is 11.8 Å². The topological polar surface area (TPSA) is 24.6 Å². The van der Waals surface area contributed by atoms with E-state index in [0.29, 0.717) is 0 Å². The van der Waals surface area contributed by atoms with Gasteiger partial charge in [0, 0.05) is 16.1 Å². The molecular weight excluding hydrogens is 210 g/mol. The molecule has 1 N–H and O–H groups in total. The Balaban J connectivity index is 2.03. The van der Waals surface area contributed by atoms with Gasteiger partial charge in [0.05, 0.1) is 0 Å². The molecule has 82 valence electrons. The minimum absolute atomic E-state index is 0.0701. The SMILES string of the molecule is CC(C)(C)NC1OC1c1ccccc1Cl. The molecule has 0 spiro atoms. The Kier molecular flexibility index (Phi) is 2.75. The molecule has 1 heterocycles. The molecule has 2 nitrogen and oxygen atoms in total. The minimum atomic E-state index is 0.0701. The smallest absolute Gasteiger partial charge is 0.140 e. The highest BCUT2D eigenvalue weighted by atomic mass is 35.5. The average molecular weight is 226 g/mol. The van der Waals surface area contributed by atoms with Crippen LogP contribution in [0.1, 0.15) is 32.4 Å². The van der Waals surface area contributed by atoms with Gasteiger partial charge < -0.3 is 4.74 Å². The van der Waals surface area contributed by atoms with Crippen LogP contribution >= 0.6 is 11.6 Å². The van der Waals surface area contributed by atoms with Gasteiger partial charge in [-0.15, -0.1) is 0 Å². The lowest BCUT2D eigenvalue weighted by molar-refractivity contribution is 0.297. The van der Waals surface area contributed by atoms with Crippen LogP contribution in [0.25, 0.3) is 0 Å². The molecule has 1 aliphatic heterocycles. The first-order chi connectivity index (χ1) is 6.97. The standard InChI is InChI=1S/C12H16ClNO/c1-12(2,3)14-11-10(15-11)8-6-4-5-7-9(8)13/h4-7,10-11,14H,1-3H3. The van der Waals surface area contributed by atoms with Crippen molar-refractivity contribution in [1.82, 2.24) is 5.32 Å². The molecule has 1 aliphatic rings. The maximum atomic E-state index is 6.09. The molecular formula is C12H16ClNO. The van der Waals surface area contributed by atoms with Crippen LogP contribution < -0.4 is 5.32 Å². The largest absolute Gasteiger partial charge is 0.348 e. The van der Waals surface area contributed by atoms with Crippen molar-refractivity contribution in [3.63, 3.8) is 0 Å². The van der Waals surface area contributed by atoms with E-state index in [1.54, 1.807) is 0 Å². The fourth-order valence-corrected chi connectivity index (χ4v) is 1.83. The summed E-state index contributed by atoms with van der Waals surface area (Å²) in [6, 6.07) is 7.82. The van der Waals surface area contributed by atoms with Gasteiger partial charge in [0.1, 0.15) is 12.3 Å². The predicted octanol–water partition coefficient (Wildman–Crippen LogP) is 3.13. The van der Waals surface area contributed by atoms with Crippen molar-refractivity contribution in [2.24, 2.45) is 0 Å². The summed E-state index contributed by atoms with van der Waals surface area (Å²) in [5.41, 5.74) is 1.14. The van der Waals surface area contributed by atoms with Crippen molar-refractivity contribution in [2.75, 3.05) is 0 Å². The van der Waals surface area contributed by atoms with Crippen molar-refractivity contribution in [2.45, 2.75) is 38.6 Å². The van der Waals surface area contributed by atoms with Gasteiger partial charge in [0.2, 0.25) is 0 Å². The van der Waals surface area contributed by atoms with Crippen molar-refractivity contribution >= 4 is 11.6 Å². The van der Waals surface area contributed by atoms with Crippen LogP contribution in [0, 0.1) is 0 Å². The van der Waals surface area contributed by atoms with Gasteiger partial charge in [-0.3, -0.25) is 5.32 Å². The quantitative estimate of drug-likeness (QED) is 0.783. The summed E-state index contributed by atoms with van der Waals surface area (Å²) in [5.74, 6) is 0. The van der Waals surface area contributed by atoms with Crippen LogP contribution in [0.3, 0.4) is 0 Å². The number of ether oxygens (including phenoxy) is 1. The van der Waals surface area contributed by atoms with E-state index >= 15 is 0 Å². The summed E-state index contributed by atoms with van der Waals surface area (Å²) >= 11 is 6.09. The number of epoxide rings is 1. The molecule has 0 aliphatic carbocycles. The Morgan fingerprint density at radius 2 is 1.93 bits per heavy atom. The Hall–Kier alpha value is -0.570. The number of halogens is 1. The maximum Gasteiger partial charge on any atom is 0.140 e. The highest BCUT2D eigenvalue weighted by Crippen LogP contribution is 2.40. The number of benzene rings is 1. The molecule has 2 rings (SSSR count). The monoisotopic (exact) mass is 225 g/mol. The number of hydrogen-bond donors (Lipinski definition) is 1. The molecule has 1 saturated heterocycles. The molecule has 0 amide bonds. The highest BCUT2D eigenvalue weighted by molar-refractivity contribution is 6.31. The molecule has 1 fully saturated rings. The van der Waals surface area contributed by atoms with E-state index in [1.165, 1.54) is 0 Å². The molecule has 1 aromatic rings. The van der Waals surface area contributed by atoms with E-state index in [4.69, 9.17) is 16.3 Å². The summed E-state index contributed by atoms with van der Waals surface area (Å²) in [6.07, 6.45) is 0.211. The zero-order valence-corrected chi connectivity index (χ0v) is 10.0. The summed E-state index contributed by atoms with van der Waals surface area (Å²) in [5, 5.41) is 4.17. The molecule has 0 radical (unpaired) electrons. The molecule has 0 saturated carbocycles. The summed E-state index contributed by atoms with van der Waals surface area (Å²) in [7, 11) is 0. The van der Waals surface area contributed by atoms with Gasteiger partial charge in [-0.1, -0.05) is 29.8 Å². The van der Waals surface area contributed by atoms with Crippen LogP contribution in [0.5, 0.6) is 0 Å². The lowest BCUT2D eigenvalue weighted by Crippen LogP contribution is -2.38. The van der Waals surface area contributed by atoms with Crippen LogP contribution in [0.4, 0.5) is 0 Å². The molecule has 0 aromatic heterocycles. The van der Waals surface area contributed by atoms with Gasteiger partial charge in [-0.05, 0) is 26.8 Å². The van der Waals surface area contributed by atoms with Crippen molar-refractivity contribution in [3.05, 3.63) is 34.9 Å². The summed E-state index contributed by atoms with van der Waals surface area (Å²) in [4.78, 5) is 0. The number of hydrogen-bond acceptors (Lipinski definition) is 2. The zero-order chi connectivity index (χ0) is 11.1. The lowest BCUT2D eigenvalue weighted by atomic mass is 10.1. The maximum absolute atomic E-state index is 6.09. The Labute approximate surface area is 95.6 Å². The van der Waals surface area contributed by atoms with E-state index in [-0.39, 0.29) is 17.9 Å². The fraction of sp³-hybridized carbons (Fsp3) is 0.500. The first-order valence-electron chi connectivity index (χ1n) is 5.15. The van der Waals surface area contributed by atoms with Crippen LogP contribution in [0.15, 0.2) is 24.3 Å². The van der Waals surface area contributed by atoms with Gasteiger partial charge in [0.25, 0.3) is 0 Å². The van der Waals surface area contributed by atoms with Gasteiger partial charge in [-0.2, -0.15) is 0 Å². The number of rotatable bonds is 2. The molecule has 2 unspecified atom stereocenters. The van der Waals surface area contributed by atoms with Crippen LogP contribution in [-0.2, 0) is 4.74 Å². The van der Waals surface area contributed by atoms with Crippen molar-refractivity contribution in [3.8, 4) is 0 Å². The molecule has 3 heteroatoms. The first kappa shape index (κ1) is 10.9. The molecule has 2 atom stereocenters. The zero-order valence-electron chi connectivity index (χ0n) is 9.25. The third-order valence-corrected chi connectivity index (χ3v) is 2.62. The second-order valence-corrected chi connectivity index (χ2v) is 5.30. The fourth-order valence-electron chi connectivity index (χ4n) is 1.59. The van der Waals surface area contributed by atoms with Gasteiger partial charge in [0.15, 0.2) is 0 Å². The Morgan fingerprint density at radius 3 is 2.53 bits per heavy atom. The third kappa shape index (κ3) is 2.71. The minimum Gasteiger partial charge on any atom is -0.348 e. The second kappa shape index (κ2) is 3.78. The predicted molar refractivity (Wildman–Crippen MR) is 62.0 cm³/mol. The van der Waals surface area contributed by atoms with Gasteiger partial charge in [-0.25, -0.2) is 0 Å². The summed E-state index contributed by atoms with van der Waals surface area (Å²) in [6.45, 7) is 6.37. The van der Waals surface area contributed by atoms with E-state index < -0.39 is 0 Å². The molecule has 0 bridgehead atoms. The van der Waals surface area contributed by atoms with E-state index in [9.17, 15) is 0 Å². The van der Waals surface area contributed by atoms with E-state index in [0.717, 1.165) is 10.6 Å². The van der Waals surface area contributed by atoms with Crippen LogP contribution in [0.2, 0.25) is 5.02 Å². The normalized spacial score (nSPS) is 25.3. The Morgan fingerprint density at radius 1 is 1.27 bits per heavy atom. The van der Waals surface area contributed by atoms with Gasteiger partial charge >= 0.3 is 0 Å². The molecule has 15 heavy (non-hydrogen) atoms. The second-order valence-electron chi connectivity index (χ2n) is 4.89. The first-order valence-corrected chi connectivity index (χ1v) is 5.53. The van der Waals surface area contributed by atoms with Crippen molar-refractivity contribution in [1.29, 1.82) is 0 Å². The Bertz CT molecular complexity index is 359. The van der Waals surface area contributed by atoms with Crippen molar-refractivity contribution < 1.29 is 4.74 Å². The lowest BCUT2D eigenvalue weighted by Gasteiger charge is -2.18.